The van der Waals surface area contributed by atoms with Crippen molar-refractivity contribution in [1.29, 1.82) is 0 Å². The molecule has 0 radical (unpaired) electrons. The van der Waals surface area contributed by atoms with Crippen LogP contribution in [0, 0.1) is 0 Å². The van der Waals surface area contributed by atoms with Gasteiger partial charge in [0.25, 0.3) is 5.91 Å². The number of methoxy groups -OCH3 is 1. The third kappa shape index (κ3) is 4.80. The topological polar surface area (TPSA) is 73.9 Å². The zero-order chi connectivity index (χ0) is 21.5. The van der Waals surface area contributed by atoms with Gasteiger partial charge in [0.1, 0.15) is 22.1 Å². The molecule has 1 amide bonds. The number of esters is 1. The minimum Gasteiger partial charge on any atom is -0.497 e. The summed E-state index contributed by atoms with van der Waals surface area (Å²) in [6.07, 6.45) is 0. The van der Waals surface area contributed by atoms with Crippen LogP contribution in [-0.2, 0) is 4.74 Å². The van der Waals surface area contributed by atoms with E-state index in [-0.39, 0.29) is 12.5 Å². The van der Waals surface area contributed by atoms with E-state index in [9.17, 15) is 9.59 Å². The highest BCUT2D eigenvalue weighted by Gasteiger charge is 2.23. The first-order chi connectivity index (χ1) is 14.6. The van der Waals surface area contributed by atoms with Gasteiger partial charge in [0.05, 0.1) is 20.3 Å². The number of hydrogen-bond donors (Lipinski definition) is 1. The summed E-state index contributed by atoms with van der Waals surface area (Å²) in [5.74, 6) is 0.512. The summed E-state index contributed by atoms with van der Waals surface area (Å²) in [6.45, 7) is 4.48. The van der Waals surface area contributed by atoms with Gasteiger partial charge in [-0.2, -0.15) is 0 Å². The number of carbonyl (C=O) groups excluding carboxylic acids is 2. The molecule has 30 heavy (non-hydrogen) atoms. The number of hydrogen-bond acceptors (Lipinski definition) is 6. The summed E-state index contributed by atoms with van der Waals surface area (Å²) in [7, 11) is 1.54. The second kappa shape index (κ2) is 9.93. The number of rotatable bonds is 8. The van der Waals surface area contributed by atoms with Crippen molar-refractivity contribution in [2.24, 2.45) is 0 Å². The second-order valence-corrected chi connectivity index (χ2v) is 7.10. The molecule has 0 spiro atoms. The standard InChI is InChI=1S/C23H23NO5S/c1-4-28-17-11-9-15(10-12-17)19-14-30-22(20(19)23(26)29-5-2)24-21(25)16-7-6-8-18(13-16)27-3/h6-14H,4-5H2,1-3H3,(H,24,25). The van der Waals surface area contributed by atoms with Crippen LogP contribution in [0.2, 0.25) is 0 Å². The SMILES string of the molecule is CCOC(=O)c1c(-c2ccc(OCC)cc2)csc1NC(=O)c1cccc(OC)c1. The van der Waals surface area contributed by atoms with Gasteiger partial charge in [0.15, 0.2) is 0 Å². The number of amides is 1. The quantitative estimate of drug-likeness (QED) is 0.499. The van der Waals surface area contributed by atoms with Crippen LogP contribution in [0.15, 0.2) is 53.9 Å². The zero-order valence-electron chi connectivity index (χ0n) is 17.1. The first-order valence-electron chi connectivity index (χ1n) is 9.54. The molecule has 0 saturated carbocycles. The summed E-state index contributed by atoms with van der Waals surface area (Å²) >= 11 is 1.28. The highest BCUT2D eigenvalue weighted by Crippen LogP contribution is 2.37. The highest BCUT2D eigenvalue weighted by molar-refractivity contribution is 7.15. The molecule has 1 N–H and O–H groups in total. The molecule has 2 aromatic carbocycles. The predicted octanol–water partition coefficient (Wildman–Crippen LogP) is 5.25. The van der Waals surface area contributed by atoms with Crippen molar-refractivity contribution in [2.45, 2.75) is 13.8 Å². The van der Waals surface area contributed by atoms with Crippen LogP contribution in [-0.4, -0.2) is 32.2 Å². The molecular weight excluding hydrogens is 402 g/mol. The molecule has 0 aliphatic heterocycles. The average Bonchev–Trinajstić information content (AvgIpc) is 3.18. The van der Waals surface area contributed by atoms with Crippen LogP contribution in [0.25, 0.3) is 11.1 Å². The predicted molar refractivity (Wildman–Crippen MR) is 118 cm³/mol. The smallest absolute Gasteiger partial charge is 0.341 e. The molecule has 0 atom stereocenters. The lowest BCUT2D eigenvalue weighted by molar-refractivity contribution is 0.0529. The van der Waals surface area contributed by atoms with E-state index in [1.807, 2.05) is 36.6 Å². The lowest BCUT2D eigenvalue weighted by atomic mass is 10.0. The molecule has 0 aliphatic rings. The molecule has 0 aliphatic carbocycles. The summed E-state index contributed by atoms with van der Waals surface area (Å²) in [5, 5.41) is 5.11. The molecule has 3 aromatic rings. The maximum Gasteiger partial charge on any atom is 0.341 e. The average molecular weight is 426 g/mol. The lowest BCUT2D eigenvalue weighted by Gasteiger charge is -2.10. The molecule has 0 unspecified atom stereocenters. The van der Waals surface area contributed by atoms with Gasteiger partial charge in [-0.3, -0.25) is 4.79 Å². The number of ether oxygens (including phenoxy) is 3. The molecule has 156 valence electrons. The fraction of sp³-hybridized carbons (Fsp3) is 0.217. The summed E-state index contributed by atoms with van der Waals surface area (Å²) in [5.41, 5.74) is 2.30. The third-order valence-electron chi connectivity index (χ3n) is 4.31. The first kappa shape index (κ1) is 21.4. The molecule has 6 nitrogen and oxygen atoms in total. The third-order valence-corrected chi connectivity index (χ3v) is 5.20. The fourth-order valence-corrected chi connectivity index (χ4v) is 3.86. The minimum absolute atomic E-state index is 0.237. The van der Waals surface area contributed by atoms with Gasteiger partial charge in [-0.05, 0) is 49.7 Å². The molecule has 7 heteroatoms. The Morgan fingerprint density at radius 1 is 1.00 bits per heavy atom. The Hall–Kier alpha value is -3.32. The Kier molecular flexibility index (Phi) is 7.08. The van der Waals surface area contributed by atoms with Crippen molar-refractivity contribution < 1.29 is 23.8 Å². The van der Waals surface area contributed by atoms with Crippen molar-refractivity contribution in [3.63, 3.8) is 0 Å². The Labute approximate surface area is 179 Å². The second-order valence-electron chi connectivity index (χ2n) is 6.22. The maximum absolute atomic E-state index is 12.7. The molecular formula is C23H23NO5S. The van der Waals surface area contributed by atoms with Crippen LogP contribution in [0.5, 0.6) is 11.5 Å². The normalized spacial score (nSPS) is 10.4. The Balaban J connectivity index is 1.94. The van der Waals surface area contributed by atoms with Crippen molar-refractivity contribution in [2.75, 3.05) is 25.6 Å². The van der Waals surface area contributed by atoms with Crippen LogP contribution < -0.4 is 14.8 Å². The molecule has 0 fully saturated rings. The number of thiophene rings is 1. The van der Waals surface area contributed by atoms with Crippen molar-refractivity contribution in [3.05, 3.63) is 65.0 Å². The number of nitrogens with one attached hydrogen (secondary N) is 1. The van der Waals surface area contributed by atoms with Gasteiger partial charge in [-0.1, -0.05) is 18.2 Å². The van der Waals surface area contributed by atoms with E-state index in [0.29, 0.717) is 34.0 Å². The van der Waals surface area contributed by atoms with Gasteiger partial charge in [0.2, 0.25) is 0 Å². The van der Waals surface area contributed by atoms with E-state index in [4.69, 9.17) is 14.2 Å². The summed E-state index contributed by atoms with van der Waals surface area (Å²) in [4.78, 5) is 25.4. The van der Waals surface area contributed by atoms with E-state index in [1.54, 1.807) is 31.2 Å². The van der Waals surface area contributed by atoms with Crippen LogP contribution in [0.4, 0.5) is 5.00 Å². The van der Waals surface area contributed by atoms with Crippen LogP contribution in [0.1, 0.15) is 34.6 Å². The van der Waals surface area contributed by atoms with Gasteiger partial charge in [-0.15, -0.1) is 11.3 Å². The maximum atomic E-state index is 12.7. The van der Waals surface area contributed by atoms with Crippen LogP contribution >= 0.6 is 11.3 Å². The van der Waals surface area contributed by atoms with E-state index in [0.717, 1.165) is 11.3 Å². The Morgan fingerprint density at radius 2 is 1.77 bits per heavy atom. The number of anilines is 1. The summed E-state index contributed by atoms with van der Waals surface area (Å²) < 4.78 is 15.9. The van der Waals surface area contributed by atoms with E-state index < -0.39 is 5.97 Å². The van der Waals surface area contributed by atoms with Crippen molar-refractivity contribution in [1.82, 2.24) is 0 Å². The lowest BCUT2D eigenvalue weighted by Crippen LogP contribution is -2.14. The number of benzene rings is 2. The van der Waals surface area contributed by atoms with Crippen molar-refractivity contribution >= 4 is 28.2 Å². The molecule has 1 heterocycles. The monoisotopic (exact) mass is 425 g/mol. The van der Waals surface area contributed by atoms with Gasteiger partial charge >= 0.3 is 5.97 Å². The van der Waals surface area contributed by atoms with E-state index in [1.165, 1.54) is 18.4 Å². The number of carbonyl (C=O) groups is 2. The van der Waals surface area contributed by atoms with Crippen LogP contribution in [0.3, 0.4) is 0 Å². The summed E-state index contributed by atoms with van der Waals surface area (Å²) in [6, 6.07) is 14.3. The highest BCUT2D eigenvalue weighted by atomic mass is 32.1. The van der Waals surface area contributed by atoms with Gasteiger partial charge < -0.3 is 19.5 Å². The Morgan fingerprint density at radius 3 is 2.43 bits per heavy atom. The van der Waals surface area contributed by atoms with E-state index in [2.05, 4.69) is 5.32 Å². The molecule has 3 rings (SSSR count). The fourth-order valence-electron chi connectivity index (χ4n) is 2.91. The van der Waals surface area contributed by atoms with E-state index >= 15 is 0 Å². The zero-order valence-corrected chi connectivity index (χ0v) is 17.9. The first-order valence-corrected chi connectivity index (χ1v) is 10.4. The van der Waals surface area contributed by atoms with Gasteiger partial charge in [0, 0.05) is 16.5 Å². The van der Waals surface area contributed by atoms with Gasteiger partial charge in [-0.25, -0.2) is 4.79 Å². The Bertz CT molecular complexity index is 1030. The van der Waals surface area contributed by atoms with Crippen molar-refractivity contribution in [3.8, 4) is 22.6 Å². The largest absolute Gasteiger partial charge is 0.497 e. The molecule has 0 bridgehead atoms. The minimum atomic E-state index is -0.483. The molecule has 1 aromatic heterocycles. The molecule has 0 saturated heterocycles.